The first-order chi connectivity index (χ1) is 15.1. The second-order valence-corrected chi connectivity index (χ2v) is 9.27. The van der Waals surface area contributed by atoms with E-state index in [-0.39, 0.29) is 5.75 Å². The first-order valence-electron chi connectivity index (χ1n) is 9.74. The second kappa shape index (κ2) is 8.23. The minimum atomic E-state index is -2.15. The minimum absolute atomic E-state index is 0.0385. The number of carbonyl (C=O) groups is 1. The number of rotatable bonds is 5. The molecule has 0 aliphatic carbocycles. The van der Waals surface area contributed by atoms with Gasteiger partial charge in [0.15, 0.2) is 0 Å². The Kier molecular flexibility index (Phi) is 5.28. The lowest BCUT2D eigenvalue weighted by atomic mass is 9.86. The van der Waals surface area contributed by atoms with Crippen LogP contribution in [-0.2, 0) is 21.6 Å². The average molecular weight is 446 g/mol. The molecule has 0 N–H and O–H groups in total. The predicted octanol–water partition coefficient (Wildman–Crippen LogP) is 5.52. The molecule has 4 aromatic rings. The van der Waals surface area contributed by atoms with Crippen LogP contribution in [0.3, 0.4) is 0 Å². The van der Waals surface area contributed by atoms with Gasteiger partial charge in [-0.25, -0.2) is 0 Å². The van der Waals surface area contributed by atoms with Crippen LogP contribution in [0.5, 0.6) is 5.75 Å². The van der Waals surface area contributed by atoms with E-state index in [9.17, 15) is 13.6 Å². The van der Waals surface area contributed by atoms with Crippen LogP contribution in [0.25, 0.3) is 21.4 Å². The number of carbonyl (C=O) groups excluding carboxylic acids is 1. The van der Waals surface area contributed by atoms with Crippen LogP contribution in [0.15, 0.2) is 78.9 Å². The fourth-order valence-corrected chi connectivity index (χ4v) is 5.52. The van der Waals surface area contributed by atoms with E-state index in [1.807, 2.05) is 48.5 Å². The summed E-state index contributed by atoms with van der Waals surface area (Å²) in [5.41, 5.74) is 3.17. The molecule has 2 heterocycles. The van der Waals surface area contributed by atoms with Gasteiger partial charge in [0.1, 0.15) is 17.8 Å². The third kappa shape index (κ3) is 3.74. The molecule has 6 heteroatoms. The summed E-state index contributed by atoms with van der Waals surface area (Å²) in [6.07, 6.45) is 0.968. The zero-order valence-electron chi connectivity index (χ0n) is 16.3. The van der Waals surface area contributed by atoms with Crippen molar-refractivity contribution in [3.63, 3.8) is 0 Å². The molecule has 0 radical (unpaired) electrons. The number of hydrogen-bond donors (Lipinski definition) is 0. The zero-order chi connectivity index (χ0) is 21.4. The fourth-order valence-electron chi connectivity index (χ4n) is 3.92. The van der Waals surface area contributed by atoms with Crippen LogP contribution in [-0.4, -0.2) is 15.0 Å². The van der Waals surface area contributed by atoms with Crippen molar-refractivity contribution in [3.8, 4) is 5.75 Å². The van der Waals surface area contributed by atoms with E-state index in [2.05, 4.69) is 18.2 Å². The van der Waals surface area contributed by atoms with Gasteiger partial charge in [-0.15, -0.1) is 11.3 Å². The van der Waals surface area contributed by atoms with E-state index in [4.69, 9.17) is 4.74 Å². The Labute approximate surface area is 186 Å². The van der Waals surface area contributed by atoms with E-state index < -0.39 is 17.0 Å². The van der Waals surface area contributed by atoms with Crippen molar-refractivity contribution in [3.05, 3.63) is 100 Å². The number of aldehydes is 1. The number of hydrogen-bond acceptors (Lipinski definition) is 5. The predicted molar refractivity (Wildman–Crippen MR) is 124 cm³/mol. The summed E-state index contributed by atoms with van der Waals surface area (Å²) in [6, 6.07) is 25.0. The van der Waals surface area contributed by atoms with Crippen molar-refractivity contribution in [2.24, 2.45) is 0 Å². The molecule has 4 nitrogen and oxygen atoms in total. The first kappa shape index (κ1) is 19.9. The van der Waals surface area contributed by atoms with E-state index in [1.165, 1.54) is 0 Å². The molecule has 0 saturated heterocycles. The average Bonchev–Trinajstić information content (AvgIpc) is 3.22. The topological polar surface area (TPSA) is 66.4 Å². The molecule has 2 atom stereocenters. The highest BCUT2D eigenvalue weighted by Gasteiger charge is 2.32. The molecule has 0 spiro atoms. The van der Waals surface area contributed by atoms with Gasteiger partial charge in [-0.05, 0) is 29.1 Å². The standard InChI is InChI=1S/C25H18O4S2/c26-14-20-19-6-2-3-7-21(19)29-25(17-11-9-16(10-12-17)15-31(27)28)24(20)23-13-18-5-1-4-8-22(18)30-23/h1-14,20H,15H2,(H,27,28)/p-1. The molecule has 0 saturated carbocycles. The molecule has 5 rings (SSSR count). The normalized spacial score (nSPS) is 16.6. The van der Waals surface area contributed by atoms with Crippen LogP contribution in [0.2, 0.25) is 0 Å². The molecule has 0 bridgehead atoms. The van der Waals surface area contributed by atoms with E-state index in [0.29, 0.717) is 17.1 Å². The van der Waals surface area contributed by atoms with Gasteiger partial charge >= 0.3 is 0 Å². The SMILES string of the molecule is O=CC1C(c2cc3ccccc3s2)=C(c2ccc(CS(=O)[O-])cc2)Oc2ccccc21. The molecular weight excluding hydrogens is 428 g/mol. The van der Waals surface area contributed by atoms with Crippen molar-refractivity contribution in [2.75, 3.05) is 0 Å². The summed E-state index contributed by atoms with van der Waals surface area (Å²) in [5, 5.41) is 1.12. The smallest absolute Gasteiger partial charge is 0.140 e. The van der Waals surface area contributed by atoms with Crippen LogP contribution in [0.4, 0.5) is 0 Å². The maximum atomic E-state index is 12.3. The number of benzene rings is 3. The Morgan fingerprint density at radius 2 is 1.74 bits per heavy atom. The Morgan fingerprint density at radius 1 is 1.00 bits per heavy atom. The largest absolute Gasteiger partial charge is 0.772 e. The number of para-hydroxylation sites is 1. The molecule has 3 aromatic carbocycles. The summed E-state index contributed by atoms with van der Waals surface area (Å²) in [5.74, 6) is 0.784. The molecule has 1 aromatic heterocycles. The van der Waals surface area contributed by atoms with Crippen molar-refractivity contribution < 1.29 is 18.3 Å². The van der Waals surface area contributed by atoms with Gasteiger partial charge in [0, 0.05) is 32.0 Å². The summed E-state index contributed by atoms with van der Waals surface area (Å²) in [4.78, 5) is 13.3. The lowest BCUT2D eigenvalue weighted by Crippen LogP contribution is -2.15. The van der Waals surface area contributed by atoms with Crippen molar-refractivity contribution in [2.45, 2.75) is 11.7 Å². The summed E-state index contributed by atoms with van der Waals surface area (Å²) in [7, 11) is 0. The molecule has 1 aliphatic heterocycles. The number of allylic oxidation sites excluding steroid dienone is 1. The maximum Gasteiger partial charge on any atom is 0.140 e. The van der Waals surface area contributed by atoms with Gasteiger partial charge < -0.3 is 14.1 Å². The van der Waals surface area contributed by atoms with Gasteiger partial charge in [0.05, 0.1) is 5.92 Å². The molecule has 0 amide bonds. The summed E-state index contributed by atoms with van der Waals surface area (Å²) < 4.78 is 29.5. The lowest BCUT2D eigenvalue weighted by molar-refractivity contribution is -0.108. The molecule has 1 aliphatic rings. The quantitative estimate of drug-likeness (QED) is 0.299. The third-order valence-corrected chi connectivity index (χ3v) is 7.07. The van der Waals surface area contributed by atoms with E-state index in [0.717, 1.165) is 37.9 Å². The molecule has 0 fully saturated rings. The Balaban J connectivity index is 1.71. The van der Waals surface area contributed by atoms with Gasteiger partial charge in [-0.2, -0.15) is 0 Å². The highest BCUT2D eigenvalue weighted by Crippen LogP contribution is 2.48. The van der Waals surface area contributed by atoms with Crippen LogP contribution >= 0.6 is 11.3 Å². The molecule has 31 heavy (non-hydrogen) atoms. The van der Waals surface area contributed by atoms with Crippen LogP contribution in [0, 0.1) is 0 Å². The zero-order valence-corrected chi connectivity index (χ0v) is 17.9. The third-order valence-electron chi connectivity index (χ3n) is 5.35. The summed E-state index contributed by atoms with van der Waals surface area (Å²) >= 11 is -0.519. The second-order valence-electron chi connectivity index (χ2n) is 7.29. The number of thiophene rings is 1. The molecule has 154 valence electrons. The Morgan fingerprint density at radius 3 is 2.48 bits per heavy atom. The first-order valence-corrected chi connectivity index (χ1v) is 11.8. The van der Waals surface area contributed by atoms with Crippen LogP contribution in [0.1, 0.15) is 27.5 Å². The van der Waals surface area contributed by atoms with E-state index in [1.54, 1.807) is 23.5 Å². The number of fused-ring (bicyclic) bond motifs is 2. The van der Waals surface area contributed by atoms with Crippen molar-refractivity contribution >= 4 is 50.1 Å². The maximum absolute atomic E-state index is 12.3. The molecule has 2 unspecified atom stereocenters. The van der Waals surface area contributed by atoms with Gasteiger partial charge in [-0.3, -0.25) is 4.21 Å². The Hall–Kier alpha value is -3.06. The van der Waals surface area contributed by atoms with E-state index >= 15 is 0 Å². The van der Waals surface area contributed by atoms with Gasteiger partial charge in [0.25, 0.3) is 0 Å². The molecular formula is C25H17O4S2-. The van der Waals surface area contributed by atoms with Crippen molar-refractivity contribution in [1.82, 2.24) is 0 Å². The minimum Gasteiger partial charge on any atom is -0.772 e. The van der Waals surface area contributed by atoms with Gasteiger partial charge in [0.2, 0.25) is 0 Å². The van der Waals surface area contributed by atoms with Gasteiger partial charge in [-0.1, -0.05) is 71.7 Å². The highest BCUT2D eigenvalue weighted by molar-refractivity contribution is 7.78. The Bertz CT molecular complexity index is 1300. The van der Waals surface area contributed by atoms with Crippen molar-refractivity contribution in [1.29, 1.82) is 0 Å². The monoisotopic (exact) mass is 445 g/mol. The number of ether oxygens (including phenoxy) is 1. The van der Waals surface area contributed by atoms with Crippen LogP contribution < -0.4 is 4.74 Å². The summed E-state index contributed by atoms with van der Waals surface area (Å²) in [6.45, 7) is 0. The lowest BCUT2D eigenvalue weighted by Gasteiger charge is -2.27. The fraction of sp³-hybridized carbons (Fsp3) is 0.0800. The highest BCUT2D eigenvalue weighted by atomic mass is 32.2.